The number of likely N-dealkylation sites (tertiary alicyclic amines) is 1. The zero-order valence-corrected chi connectivity index (χ0v) is 12.8. The Morgan fingerprint density at radius 1 is 1.12 bits per heavy atom. The van der Waals surface area contributed by atoms with Crippen LogP contribution in [0.5, 0.6) is 5.88 Å². The third-order valence-electron chi connectivity index (χ3n) is 3.92. The standard InChI is InChI=1S/C17H16F4N2O/c18-15-6-3-7-16(22-15)24-13-8-9-23(11-13)10-12-4-1-2-5-14(12)17(19,20)21/h1-7,13H,8-11H2. The molecule has 0 amide bonds. The summed E-state index contributed by atoms with van der Waals surface area (Å²) < 4.78 is 57.8. The second-order valence-electron chi connectivity index (χ2n) is 5.72. The smallest absolute Gasteiger partial charge is 0.416 e. The lowest BCUT2D eigenvalue weighted by atomic mass is 10.1. The maximum absolute atomic E-state index is 13.1. The van der Waals surface area contributed by atoms with Crippen LogP contribution in [0.3, 0.4) is 0 Å². The molecule has 1 aliphatic rings. The summed E-state index contributed by atoms with van der Waals surface area (Å²) in [6.45, 7) is 1.29. The minimum atomic E-state index is -4.36. The second-order valence-corrected chi connectivity index (χ2v) is 5.72. The van der Waals surface area contributed by atoms with E-state index in [-0.39, 0.29) is 24.1 Å². The number of pyridine rings is 1. The molecule has 1 aromatic heterocycles. The number of hydrogen-bond donors (Lipinski definition) is 0. The molecule has 128 valence electrons. The van der Waals surface area contributed by atoms with E-state index in [1.54, 1.807) is 12.1 Å². The third-order valence-corrected chi connectivity index (χ3v) is 3.92. The number of hydrogen-bond acceptors (Lipinski definition) is 3. The molecule has 2 heterocycles. The predicted molar refractivity (Wildman–Crippen MR) is 79.9 cm³/mol. The van der Waals surface area contributed by atoms with E-state index in [1.165, 1.54) is 24.3 Å². The van der Waals surface area contributed by atoms with Crippen LogP contribution in [0.4, 0.5) is 17.6 Å². The summed E-state index contributed by atoms with van der Waals surface area (Å²) >= 11 is 0. The molecule has 1 unspecified atom stereocenters. The van der Waals surface area contributed by atoms with E-state index < -0.39 is 17.7 Å². The minimum Gasteiger partial charge on any atom is -0.473 e. The topological polar surface area (TPSA) is 25.4 Å². The van der Waals surface area contributed by atoms with Crippen LogP contribution in [0.1, 0.15) is 17.5 Å². The predicted octanol–water partition coefficient (Wildman–Crippen LogP) is 3.89. The molecule has 0 aliphatic carbocycles. The maximum Gasteiger partial charge on any atom is 0.416 e. The van der Waals surface area contributed by atoms with Crippen LogP contribution in [0.2, 0.25) is 0 Å². The highest BCUT2D eigenvalue weighted by Crippen LogP contribution is 2.32. The van der Waals surface area contributed by atoms with Crippen LogP contribution in [-0.4, -0.2) is 29.1 Å². The Bertz CT molecular complexity index is 705. The van der Waals surface area contributed by atoms with Gasteiger partial charge in [-0.15, -0.1) is 0 Å². The lowest BCUT2D eigenvalue weighted by Crippen LogP contribution is -2.26. The summed E-state index contributed by atoms with van der Waals surface area (Å²) in [5, 5.41) is 0. The molecule has 0 radical (unpaired) electrons. The highest BCUT2D eigenvalue weighted by Gasteiger charge is 2.34. The van der Waals surface area contributed by atoms with Gasteiger partial charge >= 0.3 is 6.18 Å². The van der Waals surface area contributed by atoms with Crippen molar-refractivity contribution >= 4 is 0 Å². The van der Waals surface area contributed by atoms with Crippen molar-refractivity contribution in [3.8, 4) is 5.88 Å². The third kappa shape index (κ3) is 4.03. The number of aromatic nitrogens is 1. The molecular formula is C17H16F4N2O. The molecule has 1 fully saturated rings. The highest BCUT2D eigenvalue weighted by atomic mass is 19.4. The van der Waals surface area contributed by atoms with Crippen LogP contribution >= 0.6 is 0 Å². The molecule has 1 saturated heterocycles. The fourth-order valence-electron chi connectivity index (χ4n) is 2.84. The van der Waals surface area contributed by atoms with Gasteiger partial charge in [0.2, 0.25) is 11.8 Å². The lowest BCUT2D eigenvalue weighted by Gasteiger charge is -2.19. The van der Waals surface area contributed by atoms with Crippen molar-refractivity contribution < 1.29 is 22.3 Å². The molecule has 0 spiro atoms. The van der Waals surface area contributed by atoms with Gasteiger partial charge in [-0.25, -0.2) is 0 Å². The minimum absolute atomic E-state index is 0.192. The van der Waals surface area contributed by atoms with Crippen molar-refractivity contribution in [2.45, 2.75) is 25.2 Å². The summed E-state index contributed by atoms with van der Waals surface area (Å²) in [5.41, 5.74) is -0.365. The van der Waals surface area contributed by atoms with Crippen LogP contribution in [0.25, 0.3) is 0 Å². The van der Waals surface area contributed by atoms with Crippen molar-refractivity contribution in [3.63, 3.8) is 0 Å². The average molecular weight is 340 g/mol. The summed E-state index contributed by atoms with van der Waals surface area (Å²) in [6.07, 6.45) is -3.92. The van der Waals surface area contributed by atoms with Gasteiger partial charge in [-0.05, 0) is 24.1 Å². The first-order valence-electron chi connectivity index (χ1n) is 7.58. The van der Waals surface area contributed by atoms with E-state index in [4.69, 9.17) is 4.74 Å². The van der Waals surface area contributed by atoms with Crippen LogP contribution in [0, 0.1) is 5.95 Å². The van der Waals surface area contributed by atoms with Gasteiger partial charge in [0.25, 0.3) is 0 Å². The number of rotatable bonds is 4. The van der Waals surface area contributed by atoms with Crippen LogP contribution in [0.15, 0.2) is 42.5 Å². The Labute approximate surface area is 136 Å². The van der Waals surface area contributed by atoms with Gasteiger partial charge in [-0.3, -0.25) is 4.90 Å². The molecule has 0 saturated carbocycles. The van der Waals surface area contributed by atoms with Crippen molar-refractivity contribution in [1.82, 2.24) is 9.88 Å². The molecule has 0 bridgehead atoms. The molecule has 1 atom stereocenters. The summed E-state index contributed by atoms with van der Waals surface area (Å²) in [5.74, 6) is -0.431. The second kappa shape index (κ2) is 6.76. The molecule has 3 rings (SSSR count). The number of halogens is 4. The Balaban J connectivity index is 1.63. The summed E-state index contributed by atoms with van der Waals surface area (Å²) in [7, 11) is 0. The van der Waals surface area contributed by atoms with Crippen molar-refractivity contribution in [3.05, 3.63) is 59.5 Å². The molecule has 3 nitrogen and oxygen atoms in total. The first-order chi connectivity index (χ1) is 11.4. The fourth-order valence-corrected chi connectivity index (χ4v) is 2.84. The average Bonchev–Trinajstić information content (AvgIpc) is 2.94. The number of alkyl halides is 3. The zero-order valence-electron chi connectivity index (χ0n) is 12.8. The van der Waals surface area contributed by atoms with E-state index in [9.17, 15) is 17.6 Å². The van der Waals surface area contributed by atoms with Gasteiger partial charge in [-0.2, -0.15) is 22.5 Å². The van der Waals surface area contributed by atoms with Gasteiger partial charge in [-0.1, -0.05) is 24.3 Å². The number of nitrogens with zero attached hydrogens (tertiary/aromatic N) is 2. The Kier molecular flexibility index (Phi) is 4.71. The first kappa shape index (κ1) is 16.7. The van der Waals surface area contributed by atoms with Crippen molar-refractivity contribution in [1.29, 1.82) is 0 Å². The van der Waals surface area contributed by atoms with Crippen molar-refractivity contribution in [2.75, 3.05) is 13.1 Å². The van der Waals surface area contributed by atoms with Gasteiger partial charge in [0.1, 0.15) is 6.10 Å². The molecular weight excluding hydrogens is 324 g/mol. The maximum atomic E-state index is 13.1. The fraction of sp³-hybridized carbons (Fsp3) is 0.353. The van der Waals surface area contributed by atoms with E-state index in [0.717, 1.165) is 6.07 Å². The SMILES string of the molecule is Fc1cccc(OC2CCN(Cc3ccccc3C(F)(F)F)C2)n1. The van der Waals surface area contributed by atoms with Crippen molar-refractivity contribution in [2.24, 2.45) is 0 Å². The zero-order chi connectivity index (χ0) is 17.2. The number of benzene rings is 1. The normalized spacial score (nSPS) is 18.8. The Morgan fingerprint density at radius 3 is 2.67 bits per heavy atom. The van der Waals surface area contributed by atoms with E-state index in [0.29, 0.717) is 19.5 Å². The van der Waals surface area contributed by atoms with E-state index in [1.807, 2.05) is 4.90 Å². The van der Waals surface area contributed by atoms with Gasteiger partial charge in [0.15, 0.2) is 0 Å². The van der Waals surface area contributed by atoms with Crippen LogP contribution < -0.4 is 4.74 Å². The highest BCUT2D eigenvalue weighted by molar-refractivity contribution is 5.29. The molecule has 0 N–H and O–H groups in total. The molecule has 24 heavy (non-hydrogen) atoms. The largest absolute Gasteiger partial charge is 0.473 e. The summed E-state index contributed by atoms with van der Waals surface area (Å²) in [6, 6.07) is 9.86. The molecule has 1 aromatic carbocycles. The van der Waals surface area contributed by atoms with Crippen LogP contribution in [-0.2, 0) is 12.7 Å². The Morgan fingerprint density at radius 2 is 1.92 bits per heavy atom. The Hall–Kier alpha value is -2.15. The van der Waals surface area contributed by atoms with E-state index in [2.05, 4.69) is 4.98 Å². The van der Waals surface area contributed by atoms with Gasteiger partial charge in [0, 0.05) is 25.7 Å². The monoisotopic (exact) mass is 340 g/mol. The summed E-state index contributed by atoms with van der Waals surface area (Å²) in [4.78, 5) is 5.53. The first-order valence-corrected chi connectivity index (χ1v) is 7.58. The molecule has 1 aliphatic heterocycles. The molecule has 2 aromatic rings. The van der Waals surface area contributed by atoms with Gasteiger partial charge < -0.3 is 4.74 Å². The quantitative estimate of drug-likeness (QED) is 0.624. The van der Waals surface area contributed by atoms with E-state index >= 15 is 0 Å². The number of ether oxygens (including phenoxy) is 1. The molecule has 7 heteroatoms. The lowest BCUT2D eigenvalue weighted by molar-refractivity contribution is -0.138. The van der Waals surface area contributed by atoms with Gasteiger partial charge in [0.05, 0.1) is 5.56 Å².